The molecule has 5 rings (SSSR count). The van der Waals surface area contributed by atoms with Crippen LogP contribution in [0.1, 0.15) is 20.8 Å². The largest absolute Gasteiger partial charge is 0.454 e. The van der Waals surface area contributed by atoms with Gasteiger partial charge in [0.15, 0.2) is 11.5 Å². The van der Waals surface area contributed by atoms with Crippen molar-refractivity contribution in [2.24, 2.45) is 0 Å². The molecule has 0 radical (unpaired) electrons. The number of thiophene rings is 1. The average Bonchev–Trinajstić information content (AvgIpc) is 3.59. The van der Waals surface area contributed by atoms with E-state index in [-0.39, 0.29) is 31.7 Å². The van der Waals surface area contributed by atoms with Crippen molar-refractivity contribution in [3.05, 3.63) is 107 Å². The molecule has 2 amide bonds. The van der Waals surface area contributed by atoms with Crippen LogP contribution in [0.25, 0.3) is 10.8 Å². The van der Waals surface area contributed by atoms with Crippen molar-refractivity contribution in [2.45, 2.75) is 13.1 Å². The van der Waals surface area contributed by atoms with Crippen LogP contribution in [-0.2, 0) is 17.9 Å². The van der Waals surface area contributed by atoms with Crippen LogP contribution in [0.3, 0.4) is 0 Å². The molecule has 0 N–H and O–H groups in total. The van der Waals surface area contributed by atoms with E-state index in [0.29, 0.717) is 30.2 Å². The number of rotatable bonds is 9. The van der Waals surface area contributed by atoms with E-state index in [9.17, 15) is 9.59 Å². The first-order chi connectivity index (χ1) is 17.6. The average molecular weight is 499 g/mol. The van der Waals surface area contributed by atoms with E-state index < -0.39 is 0 Å². The minimum atomic E-state index is -0.201. The lowest BCUT2D eigenvalue weighted by atomic mass is 10.1. The fourth-order valence-electron chi connectivity index (χ4n) is 4.23. The van der Waals surface area contributed by atoms with Gasteiger partial charge in [-0.3, -0.25) is 9.59 Å². The van der Waals surface area contributed by atoms with Crippen molar-refractivity contribution >= 4 is 33.9 Å². The number of ether oxygens (including phenoxy) is 2. The summed E-state index contributed by atoms with van der Waals surface area (Å²) in [7, 11) is 0. The second-order valence-corrected chi connectivity index (χ2v) is 9.59. The maximum atomic E-state index is 13.6. The molecule has 6 nitrogen and oxygen atoms in total. The Morgan fingerprint density at radius 1 is 0.889 bits per heavy atom. The number of amides is 2. The molecule has 0 saturated carbocycles. The zero-order valence-electron chi connectivity index (χ0n) is 19.8. The van der Waals surface area contributed by atoms with E-state index in [1.54, 1.807) is 33.3 Å². The van der Waals surface area contributed by atoms with E-state index in [2.05, 4.69) is 6.58 Å². The van der Waals surface area contributed by atoms with Gasteiger partial charge >= 0.3 is 0 Å². The van der Waals surface area contributed by atoms with Gasteiger partial charge in [-0.15, -0.1) is 17.9 Å². The standard InChI is InChI=1S/C29H26N2O4S/c1-2-13-30(29(33)24-11-10-22-6-3-4-7-23(22)16-24)19-28(32)31(18-25-8-5-14-36-25)17-21-9-12-26-27(15-21)35-20-34-26/h2-12,14-16H,1,13,17-20H2. The summed E-state index contributed by atoms with van der Waals surface area (Å²) < 4.78 is 10.9. The number of carbonyl (C=O) groups excluding carboxylic acids is 2. The monoisotopic (exact) mass is 498 g/mol. The van der Waals surface area contributed by atoms with Gasteiger partial charge in [0.25, 0.3) is 5.91 Å². The van der Waals surface area contributed by atoms with Crippen LogP contribution in [0, 0.1) is 0 Å². The summed E-state index contributed by atoms with van der Waals surface area (Å²) in [5.74, 6) is 1.04. The summed E-state index contributed by atoms with van der Waals surface area (Å²) in [6, 6.07) is 23.2. The number of hydrogen-bond donors (Lipinski definition) is 0. The molecule has 0 atom stereocenters. The van der Waals surface area contributed by atoms with Crippen molar-refractivity contribution in [3.8, 4) is 11.5 Å². The highest BCUT2D eigenvalue weighted by Gasteiger charge is 2.23. The molecular weight excluding hydrogens is 472 g/mol. The third-order valence-electron chi connectivity index (χ3n) is 6.05. The first-order valence-electron chi connectivity index (χ1n) is 11.7. The molecule has 0 spiro atoms. The third-order valence-corrected chi connectivity index (χ3v) is 6.91. The summed E-state index contributed by atoms with van der Waals surface area (Å²) >= 11 is 1.60. The Labute approximate surface area is 214 Å². The highest BCUT2D eigenvalue weighted by molar-refractivity contribution is 7.09. The lowest BCUT2D eigenvalue weighted by Gasteiger charge is -2.27. The Morgan fingerprint density at radius 2 is 1.72 bits per heavy atom. The predicted molar refractivity (Wildman–Crippen MR) is 141 cm³/mol. The molecule has 1 aromatic heterocycles. The molecule has 4 aromatic rings. The van der Waals surface area contributed by atoms with Gasteiger partial charge in [0.05, 0.1) is 6.54 Å². The molecular formula is C29H26N2O4S. The van der Waals surface area contributed by atoms with Crippen LogP contribution < -0.4 is 9.47 Å². The van der Waals surface area contributed by atoms with Crippen molar-refractivity contribution in [1.29, 1.82) is 0 Å². The van der Waals surface area contributed by atoms with Crippen LogP contribution >= 0.6 is 11.3 Å². The molecule has 0 bridgehead atoms. The minimum absolute atomic E-state index is 0.0480. The van der Waals surface area contributed by atoms with E-state index >= 15 is 0 Å². The van der Waals surface area contributed by atoms with E-state index in [4.69, 9.17) is 9.47 Å². The predicted octanol–water partition coefficient (Wildman–Crippen LogP) is 5.49. The van der Waals surface area contributed by atoms with E-state index in [1.807, 2.05) is 72.1 Å². The summed E-state index contributed by atoms with van der Waals surface area (Å²) in [5.41, 5.74) is 1.48. The Hall–Kier alpha value is -4.10. The number of carbonyl (C=O) groups is 2. The molecule has 36 heavy (non-hydrogen) atoms. The van der Waals surface area contributed by atoms with Gasteiger partial charge in [-0.1, -0.05) is 48.5 Å². The third kappa shape index (κ3) is 5.26. The highest BCUT2D eigenvalue weighted by Crippen LogP contribution is 2.33. The van der Waals surface area contributed by atoms with Gasteiger partial charge in [0.2, 0.25) is 12.7 Å². The molecule has 182 valence electrons. The number of nitrogens with zero attached hydrogens (tertiary/aromatic N) is 2. The quantitative estimate of drug-likeness (QED) is 0.287. The van der Waals surface area contributed by atoms with Crippen LogP contribution in [0.5, 0.6) is 11.5 Å². The number of benzene rings is 3. The molecule has 0 saturated heterocycles. The molecule has 7 heteroatoms. The van der Waals surface area contributed by atoms with Gasteiger partial charge in [-0.25, -0.2) is 0 Å². The van der Waals surface area contributed by atoms with Crippen LogP contribution in [0.15, 0.2) is 90.8 Å². The minimum Gasteiger partial charge on any atom is -0.454 e. The molecule has 0 fully saturated rings. The fraction of sp³-hybridized carbons (Fsp3) is 0.172. The molecule has 2 heterocycles. The van der Waals surface area contributed by atoms with Crippen LogP contribution in [-0.4, -0.2) is 41.5 Å². The first kappa shape index (κ1) is 23.6. The smallest absolute Gasteiger partial charge is 0.254 e. The molecule has 1 aliphatic heterocycles. The zero-order chi connectivity index (χ0) is 24.9. The Morgan fingerprint density at radius 3 is 2.53 bits per heavy atom. The second kappa shape index (κ2) is 10.7. The number of hydrogen-bond acceptors (Lipinski definition) is 5. The first-order valence-corrected chi connectivity index (χ1v) is 12.6. The Balaban J connectivity index is 1.36. The summed E-state index contributed by atoms with van der Waals surface area (Å²) in [4.78, 5) is 31.4. The lowest BCUT2D eigenvalue weighted by Crippen LogP contribution is -2.42. The lowest BCUT2D eigenvalue weighted by molar-refractivity contribution is -0.133. The normalized spacial score (nSPS) is 11.9. The van der Waals surface area contributed by atoms with Crippen molar-refractivity contribution in [1.82, 2.24) is 9.80 Å². The summed E-state index contributed by atoms with van der Waals surface area (Å²) in [5, 5.41) is 4.04. The van der Waals surface area contributed by atoms with Gasteiger partial charge in [0, 0.05) is 23.5 Å². The molecule has 0 aliphatic carbocycles. The topological polar surface area (TPSA) is 59.1 Å². The maximum Gasteiger partial charge on any atom is 0.254 e. The summed E-state index contributed by atoms with van der Waals surface area (Å²) in [6.07, 6.45) is 1.65. The van der Waals surface area contributed by atoms with Gasteiger partial charge in [-0.05, 0) is 52.0 Å². The SMILES string of the molecule is C=CCN(CC(=O)N(Cc1ccc2c(c1)OCO2)Cc1cccs1)C(=O)c1ccc2ccccc2c1. The Kier molecular flexibility index (Phi) is 7.00. The van der Waals surface area contributed by atoms with Crippen molar-refractivity contribution in [3.63, 3.8) is 0 Å². The van der Waals surface area contributed by atoms with Gasteiger partial charge in [0.1, 0.15) is 6.54 Å². The highest BCUT2D eigenvalue weighted by atomic mass is 32.1. The van der Waals surface area contributed by atoms with Crippen molar-refractivity contribution < 1.29 is 19.1 Å². The second-order valence-electron chi connectivity index (χ2n) is 8.55. The molecule has 0 unspecified atom stereocenters. The van der Waals surface area contributed by atoms with Crippen LogP contribution in [0.4, 0.5) is 0 Å². The molecule has 1 aliphatic rings. The van der Waals surface area contributed by atoms with Gasteiger partial charge < -0.3 is 19.3 Å². The fourth-order valence-corrected chi connectivity index (χ4v) is 4.95. The zero-order valence-corrected chi connectivity index (χ0v) is 20.6. The summed E-state index contributed by atoms with van der Waals surface area (Å²) in [6.45, 7) is 5.06. The van der Waals surface area contributed by atoms with Crippen LogP contribution in [0.2, 0.25) is 0 Å². The van der Waals surface area contributed by atoms with E-state index in [1.165, 1.54) is 0 Å². The van der Waals surface area contributed by atoms with Crippen molar-refractivity contribution in [2.75, 3.05) is 19.9 Å². The van der Waals surface area contributed by atoms with Gasteiger partial charge in [-0.2, -0.15) is 0 Å². The Bertz CT molecular complexity index is 1400. The molecule has 3 aromatic carbocycles. The van der Waals surface area contributed by atoms with E-state index in [0.717, 1.165) is 21.2 Å². The maximum absolute atomic E-state index is 13.6. The number of fused-ring (bicyclic) bond motifs is 2.